The number of carbonyl (C=O) groups is 2. The Kier molecular flexibility index (Phi) is 4.10. The van der Waals surface area contributed by atoms with Gasteiger partial charge in [0, 0.05) is 24.6 Å². The van der Waals surface area contributed by atoms with Crippen LogP contribution < -0.4 is 5.32 Å². The van der Waals surface area contributed by atoms with Gasteiger partial charge in [-0.1, -0.05) is 12.1 Å². The molecule has 1 N–H and O–H groups in total. The number of hydrogen-bond acceptors (Lipinski definition) is 4. The monoisotopic (exact) mass is 366 g/mol. The zero-order valence-corrected chi connectivity index (χ0v) is 14.4. The third kappa shape index (κ3) is 2.92. The molecule has 0 unspecified atom stereocenters. The van der Waals surface area contributed by atoms with Crippen molar-refractivity contribution in [2.75, 3.05) is 19.7 Å². The van der Waals surface area contributed by atoms with Crippen LogP contribution in [-0.2, 0) is 20.9 Å². The van der Waals surface area contributed by atoms with Crippen molar-refractivity contribution in [1.29, 1.82) is 0 Å². The molecule has 1 aliphatic carbocycles. The maximum absolute atomic E-state index is 13.8. The summed E-state index contributed by atoms with van der Waals surface area (Å²) in [6.45, 7) is 2.69. The van der Waals surface area contributed by atoms with Crippen LogP contribution in [-0.4, -0.2) is 48.2 Å². The first kappa shape index (κ1) is 17.2. The Hall–Kier alpha value is -2.22. The first-order chi connectivity index (χ1) is 12.4. The maximum atomic E-state index is 13.8. The van der Waals surface area contributed by atoms with E-state index in [0.717, 1.165) is 0 Å². The first-order valence-corrected chi connectivity index (χ1v) is 8.66. The fourth-order valence-corrected chi connectivity index (χ4v) is 3.76. The Morgan fingerprint density at radius 3 is 2.73 bits per heavy atom. The summed E-state index contributed by atoms with van der Waals surface area (Å²) < 4.78 is 37.8. The van der Waals surface area contributed by atoms with E-state index < -0.39 is 17.7 Å². The van der Waals surface area contributed by atoms with Crippen molar-refractivity contribution in [2.45, 2.75) is 38.0 Å². The lowest BCUT2D eigenvalue weighted by molar-refractivity contribution is -0.155. The van der Waals surface area contributed by atoms with Gasteiger partial charge in [-0.05, 0) is 25.3 Å². The number of carbonyl (C=O) groups excluding carboxylic acids is 2. The summed E-state index contributed by atoms with van der Waals surface area (Å²) in [6, 6.07) is 3.03. The average Bonchev–Trinajstić information content (AvgIpc) is 2.93. The van der Waals surface area contributed by atoms with Gasteiger partial charge in [-0.3, -0.25) is 4.79 Å². The van der Waals surface area contributed by atoms with E-state index in [2.05, 4.69) is 5.32 Å². The SMILES string of the molecule is Cc1ccc(COC2CN(C(=O)C3CC4(COC(=O)N4)C3)C2)c(F)c1F. The molecule has 0 bridgehead atoms. The van der Waals surface area contributed by atoms with Crippen LogP contribution in [0.2, 0.25) is 0 Å². The number of hydrogen-bond donors (Lipinski definition) is 1. The highest BCUT2D eigenvalue weighted by Crippen LogP contribution is 2.42. The third-order valence-electron chi connectivity index (χ3n) is 5.46. The van der Waals surface area contributed by atoms with E-state index in [0.29, 0.717) is 32.5 Å². The highest BCUT2D eigenvalue weighted by atomic mass is 19.2. The van der Waals surface area contributed by atoms with E-state index in [9.17, 15) is 18.4 Å². The van der Waals surface area contributed by atoms with Gasteiger partial charge in [0.2, 0.25) is 5.91 Å². The molecule has 1 spiro atoms. The van der Waals surface area contributed by atoms with Gasteiger partial charge in [-0.25, -0.2) is 13.6 Å². The Bertz CT molecular complexity index is 758. The van der Waals surface area contributed by atoms with Crippen LogP contribution in [0.4, 0.5) is 13.6 Å². The van der Waals surface area contributed by atoms with Crippen molar-refractivity contribution in [3.63, 3.8) is 0 Å². The molecule has 1 aromatic carbocycles. The van der Waals surface area contributed by atoms with E-state index >= 15 is 0 Å². The molecule has 2 amide bonds. The lowest BCUT2D eigenvalue weighted by atomic mass is 9.68. The van der Waals surface area contributed by atoms with Crippen molar-refractivity contribution in [2.24, 2.45) is 5.92 Å². The van der Waals surface area contributed by atoms with Crippen molar-refractivity contribution >= 4 is 12.0 Å². The minimum absolute atomic E-state index is 0.0222. The number of ether oxygens (including phenoxy) is 2. The topological polar surface area (TPSA) is 67.9 Å². The van der Waals surface area contributed by atoms with Gasteiger partial charge < -0.3 is 19.7 Å². The van der Waals surface area contributed by atoms with Crippen LogP contribution in [0, 0.1) is 24.5 Å². The van der Waals surface area contributed by atoms with Crippen LogP contribution in [0.15, 0.2) is 12.1 Å². The lowest BCUT2D eigenvalue weighted by Gasteiger charge is -2.47. The van der Waals surface area contributed by atoms with Gasteiger partial charge in [-0.2, -0.15) is 0 Å². The maximum Gasteiger partial charge on any atom is 0.407 e. The second-order valence-corrected chi connectivity index (χ2v) is 7.43. The van der Waals surface area contributed by atoms with Crippen LogP contribution in [0.1, 0.15) is 24.0 Å². The van der Waals surface area contributed by atoms with Crippen LogP contribution in [0.3, 0.4) is 0 Å². The molecule has 2 heterocycles. The molecule has 3 fully saturated rings. The number of halogens is 2. The van der Waals surface area contributed by atoms with Gasteiger partial charge >= 0.3 is 6.09 Å². The highest BCUT2D eigenvalue weighted by Gasteiger charge is 2.54. The van der Waals surface area contributed by atoms with E-state index in [4.69, 9.17) is 9.47 Å². The highest BCUT2D eigenvalue weighted by molar-refractivity contribution is 5.82. The molecule has 140 valence electrons. The Morgan fingerprint density at radius 1 is 1.35 bits per heavy atom. The minimum atomic E-state index is -0.877. The number of benzene rings is 1. The summed E-state index contributed by atoms with van der Waals surface area (Å²) in [6.07, 6.45) is 0.584. The van der Waals surface area contributed by atoms with Crippen molar-refractivity contribution < 1.29 is 27.8 Å². The second-order valence-electron chi connectivity index (χ2n) is 7.43. The number of rotatable bonds is 4. The molecule has 0 aromatic heterocycles. The van der Waals surface area contributed by atoms with Gasteiger partial charge in [0.25, 0.3) is 0 Å². The summed E-state index contributed by atoms with van der Waals surface area (Å²) in [7, 11) is 0. The average molecular weight is 366 g/mol. The van der Waals surface area contributed by atoms with E-state index in [1.807, 2.05) is 0 Å². The minimum Gasteiger partial charge on any atom is -0.447 e. The molecule has 2 saturated heterocycles. The van der Waals surface area contributed by atoms with Crippen LogP contribution in [0.5, 0.6) is 0 Å². The summed E-state index contributed by atoms with van der Waals surface area (Å²) in [5.41, 5.74) is 0.0650. The number of aryl methyl sites for hydroxylation is 1. The van der Waals surface area contributed by atoms with E-state index in [1.165, 1.54) is 19.1 Å². The molecule has 6 nitrogen and oxygen atoms in total. The third-order valence-corrected chi connectivity index (χ3v) is 5.46. The molecule has 1 aromatic rings. The summed E-state index contributed by atoms with van der Waals surface area (Å²) in [5.74, 6) is -1.79. The predicted molar refractivity (Wildman–Crippen MR) is 86.2 cm³/mol. The zero-order chi connectivity index (χ0) is 18.5. The predicted octanol–water partition coefficient (Wildman–Crippen LogP) is 1.89. The largest absolute Gasteiger partial charge is 0.447 e. The Morgan fingerprint density at radius 2 is 2.08 bits per heavy atom. The summed E-state index contributed by atoms with van der Waals surface area (Å²) >= 11 is 0. The van der Waals surface area contributed by atoms with Crippen LogP contribution in [0.25, 0.3) is 0 Å². The number of nitrogens with zero attached hydrogens (tertiary/aromatic N) is 1. The zero-order valence-electron chi connectivity index (χ0n) is 14.4. The van der Waals surface area contributed by atoms with Gasteiger partial charge in [0.15, 0.2) is 11.6 Å². The molecule has 2 aliphatic heterocycles. The molecule has 3 aliphatic rings. The smallest absolute Gasteiger partial charge is 0.407 e. The van der Waals surface area contributed by atoms with Crippen molar-refractivity contribution in [1.82, 2.24) is 10.2 Å². The molecular weight excluding hydrogens is 346 g/mol. The molecule has 0 radical (unpaired) electrons. The van der Waals surface area contributed by atoms with Gasteiger partial charge in [-0.15, -0.1) is 0 Å². The van der Waals surface area contributed by atoms with E-state index in [-0.39, 0.29) is 41.2 Å². The molecule has 4 rings (SSSR count). The van der Waals surface area contributed by atoms with E-state index in [1.54, 1.807) is 4.90 Å². The normalized spacial score (nSPS) is 27.7. The number of likely N-dealkylation sites (tertiary alicyclic amines) is 1. The fraction of sp³-hybridized carbons (Fsp3) is 0.556. The molecule has 0 atom stereocenters. The van der Waals surface area contributed by atoms with Gasteiger partial charge in [0.1, 0.15) is 6.61 Å². The molecule has 26 heavy (non-hydrogen) atoms. The second kappa shape index (κ2) is 6.19. The molecule has 1 saturated carbocycles. The standard InChI is InChI=1S/C18H20F2N2O4/c1-10-2-3-11(15(20)14(10)19)8-25-13-6-22(7-13)16(23)12-4-18(5-12)9-26-17(24)21-18/h2-3,12-13H,4-9H2,1H3,(H,21,24). The quantitative estimate of drug-likeness (QED) is 0.884. The number of nitrogens with one attached hydrogen (secondary N) is 1. The van der Waals surface area contributed by atoms with Crippen molar-refractivity contribution in [3.8, 4) is 0 Å². The van der Waals surface area contributed by atoms with Gasteiger partial charge in [0.05, 0.1) is 18.2 Å². The van der Waals surface area contributed by atoms with Crippen LogP contribution >= 0.6 is 0 Å². The number of cyclic esters (lactones) is 1. The molecule has 8 heteroatoms. The Balaban J connectivity index is 1.22. The number of amides is 2. The lowest BCUT2D eigenvalue weighted by Crippen LogP contribution is -2.62. The van der Waals surface area contributed by atoms with Crippen molar-refractivity contribution in [3.05, 3.63) is 34.9 Å². The number of alkyl carbamates (subject to hydrolysis) is 1. The summed E-state index contributed by atoms with van der Waals surface area (Å²) in [4.78, 5) is 25.2. The Labute approximate surface area is 149 Å². The fourth-order valence-electron chi connectivity index (χ4n) is 3.76. The summed E-state index contributed by atoms with van der Waals surface area (Å²) in [5, 5.41) is 2.76. The molecular formula is C18H20F2N2O4. The first-order valence-electron chi connectivity index (χ1n) is 8.66.